The van der Waals surface area contributed by atoms with Gasteiger partial charge in [0.25, 0.3) is 0 Å². The number of carbonyl (C=O) groups excluding carboxylic acids is 1. The van der Waals surface area contributed by atoms with Crippen LogP contribution in [0.2, 0.25) is 0 Å². The van der Waals surface area contributed by atoms with E-state index in [-0.39, 0.29) is 11.9 Å². The van der Waals surface area contributed by atoms with Crippen molar-refractivity contribution in [2.45, 2.75) is 12.6 Å². The molecule has 0 aromatic heterocycles. The van der Waals surface area contributed by atoms with Crippen LogP contribution in [0.1, 0.15) is 17.2 Å². The Labute approximate surface area is 159 Å². The summed E-state index contributed by atoms with van der Waals surface area (Å²) in [5, 5.41) is 3.06. The van der Waals surface area contributed by atoms with Gasteiger partial charge in [-0.3, -0.25) is 9.69 Å². The van der Waals surface area contributed by atoms with Crippen LogP contribution in [0.15, 0.2) is 84.9 Å². The Morgan fingerprint density at radius 2 is 1.56 bits per heavy atom. The number of rotatable bonds is 4. The van der Waals surface area contributed by atoms with Crippen LogP contribution in [0.5, 0.6) is 5.75 Å². The van der Waals surface area contributed by atoms with E-state index in [9.17, 15) is 4.79 Å². The number of amides is 1. The number of carbonyl (C=O) groups is 1. The second kappa shape index (κ2) is 8.06. The maximum Gasteiger partial charge on any atom is 0.246 e. The Bertz CT molecular complexity index is 897. The highest BCUT2D eigenvalue weighted by atomic mass is 16.5. The average molecular weight is 358 g/mol. The zero-order valence-electron chi connectivity index (χ0n) is 15.0. The molecule has 27 heavy (non-hydrogen) atoms. The molecule has 1 N–H and O–H groups in total. The van der Waals surface area contributed by atoms with Crippen molar-refractivity contribution in [1.82, 2.24) is 4.90 Å². The number of ether oxygens (including phenoxy) is 1. The topological polar surface area (TPSA) is 41.6 Å². The first-order valence-electron chi connectivity index (χ1n) is 9.17. The number of hydrogen-bond donors (Lipinski definition) is 1. The van der Waals surface area contributed by atoms with Gasteiger partial charge in [0.05, 0.1) is 0 Å². The summed E-state index contributed by atoms with van der Waals surface area (Å²) in [4.78, 5) is 15.4. The van der Waals surface area contributed by atoms with Gasteiger partial charge in [-0.2, -0.15) is 0 Å². The van der Waals surface area contributed by atoms with E-state index in [0.717, 1.165) is 22.6 Å². The van der Waals surface area contributed by atoms with E-state index in [1.807, 2.05) is 78.9 Å². The number of hydrogen-bond acceptors (Lipinski definition) is 3. The Balaban J connectivity index is 1.65. The lowest BCUT2D eigenvalue weighted by Crippen LogP contribution is -2.38. The summed E-state index contributed by atoms with van der Waals surface area (Å²) < 4.78 is 5.89. The van der Waals surface area contributed by atoms with Crippen LogP contribution < -0.4 is 10.1 Å². The Kier molecular flexibility index (Phi) is 5.17. The lowest BCUT2D eigenvalue weighted by Gasteiger charge is -2.29. The van der Waals surface area contributed by atoms with Crippen LogP contribution in [0, 0.1) is 0 Å². The minimum absolute atomic E-state index is 0.0354. The molecule has 0 saturated carbocycles. The van der Waals surface area contributed by atoms with Gasteiger partial charge in [0, 0.05) is 24.3 Å². The fourth-order valence-corrected chi connectivity index (χ4v) is 3.46. The monoisotopic (exact) mass is 358 g/mol. The average Bonchev–Trinajstić information content (AvgIpc) is 2.92. The molecule has 0 radical (unpaired) electrons. The van der Waals surface area contributed by atoms with Crippen molar-refractivity contribution in [3.8, 4) is 5.75 Å². The molecule has 1 aliphatic heterocycles. The van der Waals surface area contributed by atoms with Gasteiger partial charge >= 0.3 is 0 Å². The molecule has 1 unspecified atom stereocenters. The smallest absolute Gasteiger partial charge is 0.246 e. The molecule has 4 rings (SSSR count). The van der Waals surface area contributed by atoms with Crippen molar-refractivity contribution in [2.75, 3.05) is 18.5 Å². The molecule has 0 aliphatic carbocycles. The Hall–Kier alpha value is -3.11. The first-order valence-corrected chi connectivity index (χ1v) is 9.17. The first-order chi connectivity index (χ1) is 13.3. The summed E-state index contributed by atoms with van der Waals surface area (Å²) in [5.41, 5.74) is 2.88. The molecule has 0 spiro atoms. The number of para-hydroxylation sites is 2. The third-order valence-corrected chi connectivity index (χ3v) is 4.75. The van der Waals surface area contributed by atoms with Crippen LogP contribution in [0.3, 0.4) is 0 Å². The number of benzene rings is 3. The highest BCUT2D eigenvalue weighted by molar-refractivity contribution is 5.95. The van der Waals surface area contributed by atoms with Gasteiger partial charge in [0.15, 0.2) is 0 Å². The van der Waals surface area contributed by atoms with E-state index in [0.29, 0.717) is 19.7 Å². The van der Waals surface area contributed by atoms with Gasteiger partial charge in [0.2, 0.25) is 5.91 Å². The van der Waals surface area contributed by atoms with Crippen molar-refractivity contribution in [3.63, 3.8) is 0 Å². The summed E-state index contributed by atoms with van der Waals surface area (Å²) in [6.45, 7) is 1.90. The lowest BCUT2D eigenvalue weighted by molar-refractivity contribution is -0.121. The predicted octanol–water partition coefficient (Wildman–Crippen LogP) is 4.26. The highest BCUT2D eigenvalue weighted by Crippen LogP contribution is 2.29. The standard InChI is InChI=1S/C23H22N2O2/c26-23(24-20-12-5-2-6-13-20)22(18-9-3-1-4-10-18)25-15-16-27-21-14-8-7-11-19(21)17-25/h1-14,22H,15-17H2,(H,24,26). The molecule has 1 atom stereocenters. The maximum absolute atomic E-state index is 13.2. The van der Waals surface area contributed by atoms with Crippen molar-refractivity contribution < 1.29 is 9.53 Å². The summed E-state index contributed by atoms with van der Waals surface area (Å²) >= 11 is 0. The third kappa shape index (κ3) is 4.01. The van der Waals surface area contributed by atoms with E-state index in [2.05, 4.69) is 16.3 Å². The van der Waals surface area contributed by atoms with Crippen LogP contribution in [-0.2, 0) is 11.3 Å². The molecule has 1 heterocycles. The molecular weight excluding hydrogens is 336 g/mol. The molecule has 136 valence electrons. The quantitative estimate of drug-likeness (QED) is 0.758. The number of anilines is 1. The van der Waals surface area contributed by atoms with Gasteiger partial charge in [-0.05, 0) is 23.8 Å². The molecule has 1 amide bonds. The summed E-state index contributed by atoms with van der Waals surface area (Å²) in [6, 6.07) is 27.2. The Morgan fingerprint density at radius 1 is 0.889 bits per heavy atom. The number of nitrogens with one attached hydrogen (secondary N) is 1. The summed E-state index contributed by atoms with van der Waals surface area (Å²) in [6.07, 6.45) is 0. The van der Waals surface area contributed by atoms with Gasteiger partial charge in [-0.25, -0.2) is 0 Å². The van der Waals surface area contributed by atoms with Crippen LogP contribution in [-0.4, -0.2) is 24.0 Å². The van der Waals surface area contributed by atoms with E-state index in [4.69, 9.17) is 4.74 Å². The van der Waals surface area contributed by atoms with Crippen molar-refractivity contribution in [2.24, 2.45) is 0 Å². The summed E-state index contributed by atoms with van der Waals surface area (Å²) in [7, 11) is 0. The number of nitrogens with zero attached hydrogens (tertiary/aromatic N) is 1. The minimum atomic E-state index is -0.388. The van der Waals surface area contributed by atoms with Crippen molar-refractivity contribution >= 4 is 11.6 Å². The molecule has 0 saturated heterocycles. The molecular formula is C23H22N2O2. The van der Waals surface area contributed by atoms with E-state index >= 15 is 0 Å². The van der Waals surface area contributed by atoms with Crippen LogP contribution in [0.4, 0.5) is 5.69 Å². The zero-order chi connectivity index (χ0) is 18.5. The SMILES string of the molecule is O=C(Nc1ccccc1)C(c1ccccc1)N1CCOc2ccccc2C1. The van der Waals surface area contributed by atoms with Gasteiger partial charge in [-0.1, -0.05) is 66.7 Å². The van der Waals surface area contributed by atoms with Crippen molar-refractivity contribution in [3.05, 3.63) is 96.1 Å². The number of fused-ring (bicyclic) bond motifs is 1. The fourth-order valence-electron chi connectivity index (χ4n) is 3.46. The molecule has 4 nitrogen and oxygen atoms in total. The van der Waals surface area contributed by atoms with Gasteiger partial charge in [0.1, 0.15) is 18.4 Å². The predicted molar refractivity (Wildman–Crippen MR) is 107 cm³/mol. The second-order valence-corrected chi connectivity index (χ2v) is 6.60. The minimum Gasteiger partial charge on any atom is -0.492 e. The molecule has 3 aromatic carbocycles. The first kappa shape index (κ1) is 17.3. The molecule has 3 aromatic rings. The third-order valence-electron chi connectivity index (χ3n) is 4.75. The molecule has 0 fully saturated rings. The van der Waals surface area contributed by atoms with Gasteiger partial charge < -0.3 is 10.1 Å². The van der Waals surface area contributed by atoms with Crippen LogP contribution >= 0.6 is 0 Å². The van der Waals surface area contributed by atoms with Gasteiger partial charge in [-0.15, -0.1) is 0 Å². The zero-order valence-corrected chi connectivity index (χ0v) is 15.0. The molecule has 4 heteroatoms. The molecule has 0 bridgehead atoms. The van der Waals surface area contributed by atoms with Crippen LogP contribution in [0.25, 0.3) is 0 Å². The Morgan fingerprint density at radius 3 is 2.33 bits per heavy atom. The fraction of sp³-hybridized carbons (Fsp3) is 0.174. The second-order valence-electron chi connectivity index (χ2n) is 6.60. The van der Waals surface area contributed by atoms with E-state index < -0.39 is 0 Å². The van der Waals surface area contributed by atoms with E-state index in [1.165, 1.54) is 0 Å². The summed E-state index contributed by atoms with van der Waals surface area (Å²) in [5.74, 6) is 0.863. The maximum atomic E-state index is 13.2. The highest BCUT2D eigenvalue weighted by Gasteiger charge is 2.29. The normalized spacial score (nSPS) is 15.1. The van der Waals surface area contributed by atoms with Crippen molar-refractivity contribution in [1.29, 1.82) is 0 Å². The largest absolute Gasteiger partial charge is 0.492 e. The van der Waals surface area contributed by atoms with E-state index in [1.54, 1.807) is 0 Å². The molecule has 1 aliphatic rings. The lowest BCUT2D eigenvalue weighted by atomic mass is 10.0.